The highest BCUT2D eigenvalue weighted by Gasteiger charge is 2.07. The third-order valence-corrected chi connectivity index (χ3v) is 6.25. The lowest BCUT2D eigenvalue weighted by molar-refractivity contribution is 0.660. The van der Waals surface area contributed by atoms with Gasteiger partial charge in [-0.3, -0.25) is 15.0 Å². The number of nitrogens with zero attached hydrogens (tertiary/aromatic N) is 3. The van der Waals surface area contributed by atoms with Crippen LogP contribution in [0.15, 0.2) is 67.1 Å². The van der Waals surface area contributed by atoms with Gasteiger partial charge < -0.3 is 0 Å². The minimum atomic E-state index is -1.38. The van der Waals surface area contributed by atoms with Crippen molar-refractivity contribution in [1.82, 2.24) is 15.0 Å². The molecule has 0 saturated carbocycles. The van der Waals surface area contributed by atoms with Crippen molar-refractivity contribution in [3.05, 3.63) is 101 Å². The van der Waals surface area contributed by atoms with Crippen LogP contribution in [0.3, 0.4) is 0 Å². The normalized spacial score (nSPS) is 10.8. The van der Waals surface area contributed by atoms with Gasteiger partial charge in [0.15, 0.2) is 0 Å². The summed E-state index contributed by atoms with van der Waals surface area (Å²) in [6.45, 7) is 8.92. The maximum Gasteiger partial charge on any atom is 0.129 e. The highest BCUT2D eigenvalue weighted by Crippen LogP contribution is 2.07. The molecule has 0 aliphatic heterocycles. The number of unbranched alkanes of at least 4 members (excludes halogenated alkanes) is 3. The minimum absolute atomic E-state index is 0.836. The number of aromatic nitrogens is 3. The second kappa shape index (κ2) is 15.2. The zero-order chi connectivity index (χ0) is 27.1. The van der Waals surface area contributed by atoms with Crippen LogP contribution in [0.25, 0.3) is 12.2 Å². The van der Waals surface area contributed by atoms with Crippen molar-refractivity contribution in [2.24, 2.45) is 0 Å². The lowest BCUT2D eigenvalue weighted by atomic mass is 10.1. The van der Waals surface area contributed by atoms with Gasteiger partial charge in [-0.05, 0) is 73.5 Å². The number of rotatable bonds is 7. The molecule has 0 unspecified atom stereocenters. The van der Waals surface area contributed by atoms with Crippen LogP contribution in [0.4, 0.5) is 0 Å². The first-order chi connectivity index (χ1) is 18.4. The highest BCUT2D eigenvalue weighted by molar-refractivity contribution is 6.83. The van der Waals surface area contributed by atoms with E-state index in [0.717, 1.165) is 40.2 Å². The van der Waals surface area contributed by atoms with Crippen LogP contribution < -0.4 is 0 Å². The molecule has 0 spiro atoms. The van der Waals surface area contributed by atoms with Gasteiger partial charge in [-0.25, -0.2) is 0 Å². The van der Waals surface area contributed by atoms with Crippen LogP contribution in [-0.4, -0.2) is 23.0 Å². The molecule has 3 rings (SSSR count). The Morgan fingerprint density at radius 3 is 1.68 bits per heavy atom. The van der Waals surface area contributed by atoms with E-state index in [1.54, 1.807) is 12.3 Å². The zero-order valence-electron chi connectivity index (χ0n) is 22.9. The monoisotopic (exact) mass is 513 g/mol. The smallest absolute Gasteiger partial charge is 0.129 e. The van der Waals surface area contributed by atoms with E-state index in [2.05, 4.69) is 82.7 Å². The molecule has 0 atom stereocenters. The number of hydrogen-bond donors (Lipinski definition) is 0. The largest absolute Gasteiger partial charge is 0.260 e. The summed E-state index contributed by atoms with van der Waals surface area (Å²) in [7, 11) is -1.38. The Labute approximate surface area is 229 Å². The molecule has 0 aliphatic rings. The number of aryl methyl sites for hydroxylation is 1. The van der Waals surface area contributed by atoms with Gasteiger partial charge >= 0.3 is 0 Å². The maximum atomic E-state index is 4.52. The van der Waals surface area contributed by atoms with Crippen LogP contribution in [0, 0.1) is 35.1 Å². The Morgan fingerprint density at radius 2 is 1.21 bits per heavy atom. The summed E-state index contributed by atoms with van der Waals surface area (Å²) in [5.74, 6) is 15.5. The summed E-state index contributed by atoms with van der Waals surface area (Å²) in [4.78, 5) is 13.4. The molecule has 38 heavy (non-hydrogen) atoms. The van der Waals surface area contributed by atoms with Crippen molar-refractivity contribution in [3.63, 3.8) is 0 Å². The van der Waals surface area contributed by atoms with E-state index in [1.165, 1.54) is 25.7 Å². The van der Waals surface area contributed by atoms with Crippen molar-refractivity contribution in [2.45, 2.75) is 58.7 Å². The maximum absolute atomic E-state index is 4.52. The second-order valence-electron chi connectivity index (χ2n) is 10.00. The molecule has 4 heteroatoms. The van der Waals surface area contributed by atoms with E-state index in [9.17, 15) is 0 Å². The molecule has 0 bridgehead atoms. The van der Waals surface area contributed by atoms with Gasteiger partial charge in [-0.2, -0.15) is 0 Å². The fourth-order valence-corrected chi connectivity index (χ4v) is 3.82. The topological polar surface area (TPSA) is 38.7 Å². The van der Waals surface area contributed by atoms with Gasteiger partial charge in [0.2, 0.25) is 0 Å². The van der Waals surface area contributed by atoms with Crippen LogP contribution in [0.1, 0.15) is 66.4 Å². The molecular formula is C34H35N3Si. The van der Waals surface area contributed by atoms with Gasteiger partial charge in [-0.15, -0.1) is 5.54 Å². The molecule has 0 aromatic carbocycles. The van der Waals surface area contributed by atoms with Gasteiger partial charge in [0, 0.05) is 41.0 Å². The van der Waals surface area contributed by atoms with Gasteiger partial charge in [-0.1, -0.05) is 75.4 Å². The van der Waals surface area contributed by atoms with Gasteiger partial charge in [0.05, 0.1) is 11.4 Å². The Balaban J connectivity index is 1.48. The molecule has 0 amide bonds. The summed E-state index contributed by atoms with van der Waals surface area (Å²) >= 11 is 0. The molecule has 0 N–H and O–H groups in total. The molecule has 0 radical (unpaired) electrons. The Kier molecular flexibility index (Phi) is 11.3. The molecule has 0 aliphatic carbocycles. The number of allylic oxidation sites excluding steroid dienone is 2. The quantitative estimate of drug-likeness (QED) is 0.188. The van der Waals surface area contributed by atoms with E-state index in [-0.39, 0.29) is 0 Å². The number of pyridine rings is 3. The van der Waals surface area contributed by atoms with Crippen molar-refractivity contribution >= 4 is 20.2 Å². The molecule has 0 fully saturated rings. The van der Waals surface area contributed by atoms with Crippen molar-refractivity contribution in [1.29, 1.82) is 0 Å². The third-order valence-electron chi connectivity index (χ3n) is 5.37. The Hall–Kier alpha value is -4.17. The summed E-state index contributed by atoms with van der Waals surface area (Å²) in [5.41, 5.74) is 8.89. The van der Waals surface area contributed by atoms with Crippen LogP contribution in [0.5, 0.6) is 0 Å². The van der Waals surface area contributed by atoms with Crippen LogP contribution in [-0.2, 0) is 6.42 Å². The molecule has 3 aromatic rings. The third kappa shape index (κ3) is 11.3. The standard InChI is InChI=1S/C34H35N3Si/c1-5-6-7-8-15-32-21-18-29(26-35-32)13-9-11-16-33-22-19-30(27-36-33)14-10-12-17-34-23-20-31(28-37-34)24-25-38(2,3)4/h11-12,16-23,26-28H,5-8,15H2,1-4H3/b16-11+,17-12-. The zero-order valence-corrected chi connectivity index (χ0v) is 23.9. The predicted octanol–water partition coefficient (Wildman–Crippen LogP) is 7.35. The van der Waals surface area contributed by atoms with Gasteiger partial charge in [0.25, 0.3) is 0 Å². The predicted molar refractivity (Wildman–Crippen MR) is 163 cm³/mol. The molecule has 3 nitrogen and oxygen atoms in total. The summed E-state index contributed by atoms with van der Waals surface area (Å²) in [6.07, 6.45) is 18.9. The summed E-state index contributed by atoms with van der Waals surface area (Å²) < 4.78 is 0. The van der Waals surface area contributed by atoms with E-state index >= 15 is 0 Å². The molecule has 190 valence electrons. The van der Waals surface area contributed by atoms with Crippen molar-refractivity contribution in [3.8, 4) is 35.1 Å². The molecular weight excluding hydrogens is 478 g/mol. The SMILES string of the molecule is CCCCCCc1ccc(C#C/C=C/c2ccc(C#C/C=C\c3ccc(C#C[Si](C)(C)C)cn3)cn2)cn1. The number of hydrogen-bond acceptors (Lipinski definition) is 3. The average molecular weight is 514 g/mol. The van der Waals surface area contributed by atoms with E-state index in [4.69, 9.17) is 0 Å². The van der Waals surface area contributed by atoms with Crippen molar-refractivity contribution < 1.29 is 0 Å². The Morgan fingerprint density at radius 1 is 0.658 bits per heavy atom. The molecule has 3 heterocycles. The lowest BCUT2D eigenvalue weighted by Gasteiger charge is -2.03. The summed E-state index contributed by atoms with van der Waals surface area (Å²) in [6, 6.07) is 12.0. The highest BCUT2D eigenvalue weighted by atomic mass is 28.3. The lowest BCUT2D eigenvalue weighted by Crippen LogP contribution is -2.16. The first-order valence-corrected chi connectivity index (χ1v) is 16.7. The van der Waals surface area contributed by atoms with E-state index in [1.807, 2.05) is 61.0 Å². The first kappa shape index (κ1) is 28.4. The van der Waals surface area contributed by atoms with Gasteiger partial charge in [0.1, 0.15) is 8.07 Å². The first-order valence-electron chi connectivity index (χ1n) is 13.2. The van der Waals surface area contributed by atoms with E-state index in [0.29, 0.717) is 0 Å². The molecule has 3 aromatic heterocycles. The summed E-state index contributed by atoms with van der Waals surface area (Å²) in [5, 5.41) is 0. The second-order valence-corrected chi connectivity index (χ2v) is 14.7. The Bertz CT molecular complexity index is 1410. The van der Waals surface area contributed by atoms with E-state index < -0.39 is 8.07 Å². The van der Waals surface area contributed by atoms with Crippen LogP contribution in [0.2, 0.25) is 19.6 Å². The fourth-order valence-electron chi connectivity index (χ4n) is 3.30. The van der Waals surface area contributed by atoms with Crippen LogP contribution >= 0.6 is 0 Å². The average Bonchev–Trinajstić information content (AvgIpc) is 2.92. The molecule has 0 saturated heterocycles. The van der Waals surface area contributed by atoms with Crippen molar-refractivity contribution in [2.75, 3.05) is 0 Å². The fraction of sp³-hybridized carbons (Fsp3) is 0.265. The minimum Gasteiger partial charge on any atom is -0.260 e.